The van der Waals surface area contributed by atoms with E-state index in [2.05, 4.69) is 4.74 Å². The molecule has 1 heterocycles. The Morgan fingerprint density at radius 3 is 2.21 bits per heavy atom. The van der Waals surface area contributed by atoms with Gasteiger partial charge < -0.3 is 14.6 Å². The fourth-order valence-corrected chi connectivity index (χ4v) is 2.77. The molecule has 1 fully saturated rings. The van der Waals surface area contributed by atoms with Crippen LogP contribution in [0.1, 0.15) is 22.0 Å². The highest BCUT2D eigenvalue weighted by molar-refractivity contribution is 6.05. The van der Waals surface area contributed by atoms with Crippen molar-refractivity contribution in [1.82, 2.24) is 0 Å². The summed E-state index contributed by atoms with van der Waals surface area (Å²) in [6.07, 6.45) is -1.08. The van der Waals surface area contributed by atoms with Gasteiger partial charge in [-0.1, -0.05) is 12.1 Å². The average Bonchev–Trinajstić information content (AvgIpc) is 2.65. The van der Waals surface area contributed by atoms with E-state index in [4.69, 9.17) is 4.74 Å². The minimum Gasteiger partial charge on any atom is -0.497 e. The summed E-state index contributed by atoms with van der Waals surface area (Å²) in [6.45, 7) is 0. The van der Waals surface area contributed by atoms with E-state index in [1.807, 2.05) is 12.1 Å². The first-order valence-electron chi connectivity index (χ1n) is 7.40. The molecule has 1 amide bonds. The van der Waals surface area contributed by atoms with Crippen LogP contribution < -0.4 is 9.64 Å². The number of hydrogen-bond donors (Lipinski definition) is 1. The van der Waals surface area contributed by atoms with Gasteiger partial charge >= 0.3 is 5.97 Å². The molecule has 2 atom stereocenters. The van der Waals surface area contributed by atoms with Crippen molar-refractivity contribution >= 4 is 17.6 Å². The van der Waals surface area contributed by atoms with E-state index in [-0.39, 0.29) is 5.91 Å². The molecule has 0 saturated carbocycles. The van der Waals surface area contributed by atoms with E-state index in [9.17, 15) is 14.7 Å². The van der Waals surface area contributed by atoms with Crippen molar-refractivity contribution in [2.24, 2.45) is 0 Å². The molecule has 1 saturated heterocycles. The zero-order valence-electron chi connectivity index (χ0n) is 13.3. The minimum atomic E-state index is -1.08. The van der Waals surface area contributed by atoms with Crippen LogP contribution in [0.4, 0.5) is 5.69 Å². The molecule has 0 aromatic heterocycles. The number of amides is 1. The van der Waals surface area contributed by atoms with E-state index in [0.717, 1.165) is 5.56 Å². The first kappa shape index (κ1) is 16.0. The molecular weight excluding hydrogens is 310 g/mol. The Bertz CT molecular complexity index is 754. The number of benzene rings is 2. The third-order valence-electron chi connectivity index (χ3n) is 4.09. The van der Waals surface area contributed by atoms with Crippen molar-refractivity contribution in [2.45, 2.75) is 12.1 Å². The summed E-state index contributed by atoms with van der Waals surface area (Å²) in [5.41, 5.74) is 1.81. The lowest BCUT2D eigenvalue weighted by molar-refractivity contribution is -0.137. The molecule has 124 valence electrons. The van der Waals surface area contributed by atoms with Crippen molar-refractivity contribution in [2.75, 3.05) is 19.1 Å². The van der Waals surface area contributed by atoms with Crippen LogP contribution in [0.15, 0.2) is 48.5 Å². The number of esters is 1. The van der Waals surface area contributed by atoms with Crippen LogP contribution in [0.3, 0.4) is 0 Å². The zero-order valence-corrected chi connectivity index (χ0v) is 13.3. The number of rotatable bonds is 4. The topological polar surface area (TPSA) is 76.1 Å². The molecule has 0 spiro atoms. The lowest BCUT2D eigenvalue weighted by atomic mass is 9.90. The minimum absolute atomic E-state index is 0.373. The fourth-order valence-electron chi connectivity index (χ4n) is 2.77. The lowest BCUT2D eigenvalue weighted by Crippen LogP contribution is -2.59. The molecule has 2 aromatic carbocycles. The number of aliphatic hydroxyl groups excluding tert-OH is 1. The maximum atomic E-state index is 12.1. The summed E-state index contributed by atoms with van der Waals surface area (Å²) < 4.78 is 9.78. The summed E-state index contributed by atoms with van der Waals surface area (Å²) >= 11 is 0. The zero-order chi connectivity index (χ0) is 17.3. The highest BCUT2D eigenvalue weighted by Gasteiger charge is 2.47. The van der Waals surface area contributed by atoms with Gasteiger partial charge in [0, 0.05) is 5.69 Å². The van der Waals surface area contributed by atoms with Crippen LogP contribution >= 0.6 is 0 Å². The summed E-state index contributed by atoms with van der Waals surface area (Å²) in [4.78, 5) is 25.1. The van der Waals surface area contributed by atoms with Gasteiger partial charge in [0.1, 0.15) is 5.75 Å². The Morgan fingerprint density at radius 2 is 1.67 bits per heavy atom. The summed E-state index contributed by atoms with van der Waals surface area (Å²) in [6, 6.07) is 13.2. The fraction of sp³-hybridized carbons (Fsp3) is 0.222. The van der Waals surface area contributed by atoms with Crippen LogP contribution in [0.25, 0.3) is 0 Å². The van der Waals surface area contributed by atoms with Gasteiger partial charge in [-0.05, 0) is 42.0 Å². The Labute approximate surface area is 139 Å². The van der Waals surface area contributed by atoms with Crippen LogP contribution in [0.2, 0.25) is 0 Å². The van der Waals surface area contributed by atoms with Crippen molar-refractivity contribution < 1.29 is 24.2 Å². The number of methoxy groups -OCH3 is 2. The maximum Gasteiger partial charge on any atom is 0.337 e. The van der Waals surface area contributed by atoms with Gasteiger partial charge in [0.2, 0.25) is 0 Å². The first-order chi connectivity index (χ1) is 11.6. The Hall–Kier alpha value is -2.86. The number of anilines is 1. The Balaban J connectivity index is 1.87. The quantitative estimate of drug-likeness (QED) is 0.686. The molecule has 0 aliphatic carbocycles. The molecule has 3 rings (SSSR count). The summed E-state index contributed by atoms with van der Waals surface area (Å²) in [5.74, 6) is -0.113. The van der Waals surface area contributed by atoms with Gasteiger partial charge in [-0.15, -0.1) is 0 Å². The molecule has 0 bridgehead atoms. The van der Waals surface area contributed by atoms with Gasteiger partial charge in [-0.25, -0.2) is 4.79 Å². The number of aliphatic hydroxyl groups is 1. The molecule has 0 radical (unpaired) electrons. The van der Waals surface area contributed by atoms with E-state index in [1.165, 1.54) is 12.0 Å². The van der Waals surface area contributed by atoms with E-state index in [0.29, 0.717) is 17.0 Å². The van der Waals surface area contributed by atoms with Gasteiger partial charge in [0.25, 0.3) is 5.91 Å². The first-order valence-corrected chi connectivity index (χ1v) is 7.40. The number of β-lactam (4-membered cyclic amide) rings is 1. The SMILES string of the molecule is COC(=O)c1ccc(N2C(=O)[C@@H](O)[C@@H]2c2ccc(OC)cc2)cc1. The van der Waals surface area contributed by atoms with Gasteiger partial charge in [0.05, 0.1) is 25.8 Å². The predicted octanol–water partition coefficient (Wildman–Crippen LogP) is 1.93. The number of carbonyl (C=O) groups excluding carboxylic acids is 2. The van der Waals surface area contributed by atoms with Crippen LogP contribution in [-0.4, -0.2) is 37.3 Å². The highest BCUT2D eigenvalue weighted by Crippen LogP contribution is 2.39. The van der Waals surface area contributed by atoms with Crippen LogP contribution in [0.5, 0.6) is 5.75 Å². The normalized spacial score (nSPS) is 19.6. The molecule has 1 aliphatic rings. The third-order valence-corrected chi connectivity index (χ3v) is 4.09. The standard InChI is InChI=1S/C18H17NO5/c1-23-14-9-5-11(6-10-14)15-16(20)17(21)19(15)13-7-3-12(4-8-13)18(22)24-2/h3-10,15-16,20H,1-2H3/t15-,16-/m0/s1. The summed E-state index contributed by atoms with van der Waals surface area (Å²) in [7, 11) is 2.89. The molecule has 2 aromatic rings. The third kappa shape index (κ3) is 2.61. The number of carbonyl (C=O) groups is 2. The van der Waals surface area contributed by atoms with Crippen molar-refractivity contribution in [3.05, 3.63) is 59.7 Å². The molecule has 0 unspecified atom stereocenters. The average molecular weight is 327 g/mol. The van der Waals surface area contributed by atoms with Crippen molar-refractivity contribution in [3.63, 3.8) is 0 Å². The van der Waals surface area contributed by atoms with E-state index < -0.39 is 18.1 Å². The smallest absolute Gasteiger partial charge is 0.337 e. The van der Waals surface area contributed by atoms with Gasteiger partial charge in [-0.3, -0.25) is 9.69 Å². The molecule has 6 heteroatoms. The van der Waals surface area contributed by atoms with Crippen LogP contribution in [-0.2, 0) is 9.53 Å². The number of hydrogen-bond acceptors (Lipinski definition) is 5. The second-order valence-corrected chi connectivity index (χ2v) is 5.41. The molecule has 1 aliphatic heterocycles. The molecular formula is C18H17NO5. The molecule has 24 heavy (non-hydrogen) atoms. The second kappa shape index (κ2) is 6.33. The monoisotopic (exact) mass is 327 g/mol. The summed E-state index contributed by atoms with van der Waals surface area (Å²) in [5, 5.41) is 10.1. The Morgan fingerprint density at radius 1 is 1.04 bits per heavy atom. The predicted molar refractivity (Wildman–Crippen MR) is 87.0 cm³/mol. The van der Waals surface area contributed by atoms with Crippen molar-refractivity contribution in [3.8, 4) is 5.75 Å². The number of nitrogens with zero attached hydrogens (tertiary/aromatic N) is 1. The van der Waals surface area contributed by atoms with Gasteiger partial charge in [0.15, 0.2) is 6.10 Å². The van der Waals surface area contributed by atoms with E-state index in [1.54, 1.807) is 43.5 Å². The maximum absolute atomic E-state index is 12.1. The Kier molecular flexibility index (Phi) is 4.22. The highest BCUT2D eigenvalue weighted by atomic mass is 16.5. The van der Waals surface area contributed by atoms with Crippen LogP contribution in [0, 0.1) is 0 Å². The molecule has 6 nitrogen and oxygen atoms in total. The molecule has 1 N–H and O–H groups in total. The van der Waals surface area contributed by atoms with Gasteiger partial charge in [-0.2, -0.15) is 0 Å². The second-order valence-electron chi connectivity index (χ2n) is 5.41. The van der Waals surface area contributed by atoms with E-state index >= 15 is 0 Å². The van der Waals surface area contributed by atoms with Crippen molar-refractivity contribution in [1.29, 1.82) is 0 Å². The lowest BCUT2D eigenvalue weighted by Gasteiger charge is -2.44. The number of ether oxygens (including phenoxy) is 2. The largest absolute Gasteiger partial charge is 0.497 e.